The standard InChI is InChI=1S/C9H18N2O2S/c1-2-3-4-5-6-7-8-14(12,13)9-11-10/h9H,2-8H2,1H3. The van der Waals surface area contributed by atoms with Crippen LogP contribution in [0.3, 0.4) is 0 Å². The van der Waals surface area contributed by atoms with Gasteiger partial charge in [0, 0.05) is 0 Å². The number of hydrogen-bond donors (Lipinski definition) is 0. The van der Waals surface area contributed by atoms with Crippen molar-refractivity contribution in [2.45, 2.75) is 45.4 Å². The molecule has 0 aliphatic heterocycles. The first-order chi connectivity index (χ1) is 6.62. The van der Waals surface area contributed by atoms with Gasteiger partial charge < -0.3 is 5.53 Å². The van der Waals surface area contributed by atoms with E-state index in [1.807, 2.05) is 0 Å². The third-order valence-electron chi connectivity index (χ3n) is 1.99. The van der Waals surface area contributed by atoms with E-state index in [-0.39, 0.29) is 5.75 Å². The summed E-state index contributed by atoms with van der Waals surface area (Å²) >= 11 is 0. The highest BCUT2D eigenvalue weighted by molar-refractivity contribution is 8.04. The van der Waals surface area contributed by atoms with Gasteiger partial charge in [0.2, 0.25) is 9.84 Å². The van der Waals surface area contributed by atoms with Crippen LogP contribution >= 0.6 is 0 Å². The van der Waals surface area contributed by atoms with Crippen LogP contribution in [0.4, 0.5) is 0 Å². The number of rotatable bonds is 8. The molecule has 0 rings (SSSR count). The molecule has 0 saturated carbocycles. The Balaban J connectivity index is 3.50. The van der Waals surface area contributed by atoms with Gasteiger partial charge in [0.05, 0.1) is 5.75 Å². The molecule has 0 spiro atoms. The average Bonchev–Trinajstić information content (AvgIpc) is 2.11. The smallest absolute Gasteiger partial charge is 0.361 e. The van der Waals surface area contributed by atoms with Crippen molar-refractivity contribution >= 4 is 15.4 Å². The molecular formula is C9H18N2O2S. The minimum atomic E-state index is -3.27. The van der Waals surface area contributed by atoms with Crippen molar-refractivity contribution in [1.29, 1.82) is 0 Å². The summed E-state index contributed by atoms with van der Waals surface area (Å²) in [6, 6.07) is 0. The molecule has 0 atom stereocenters. The van der Waals surface area contributed by atoms with E-state index in [1.54, 1.807) is 0 Å². The molecule has 0 aromatic heterocycles. The Bertz CT molecular complexity index is 279. The second-order valence-corrected chi connectivity index (χ2v) is 5.30. The van der Waals surface area contributed by atoms with Gasteiger partial charge in [-0.25, -0.2) is 8.42 Å². The third kappa shape index (κ3) is 7.95. The monoisotopic (exact) mass is 218 g/mol. The normalized spacial score (nSPS) is 10.9. The van der Waals surface area contributed by atoms with E-state index in [2.05, 4.69) is 11.7 Å². The summed E-state index contributed by atoms with van der Waals surface area (Å²) in [6.45, 7) is 2.14. The second kappa shape index (κ2) is 7.71. The lowest BCUT2D eigenvalue weighted by atomic mass is 10.1. The Morgan fingerprint density at radius 2 is 1.71 bits per heavy atom. The fraction of sp³-hybridized carbons (Fsp3) is 0.889. The molecule has 0 unspecified atom stereocenters. The maximum absolute atomic E-state index is 11.0. The highest BCUT2D eigenvalue weighted by atomic mass is 32.2. The van der Waals surface area contributed by atoms with Crippen molar-refractivity contribution in [2.75, 3.05) is 5.75 Å². The van der Waals surface area contributed by atoms with Crippen molar-refractivity contribution in [3.8, 4) is 0 Å². The molecule has 0 aromatic rings. The van der Waals surface area contributed by atoms with Gasteiger partial charge in [-0.1, -0.05) is 39.0 Å². The summed E-state index contributed by atoms with van der Waals surface area (Å²) in [5.41, 5.74) is 8.67. The maximum Gasteiger partial charge on any atom is 0.370 e. The third-order valence-corrected chi connectivity index (χ3v) is 3.26. The van der Waals surface area contributed by atoms with Crippen molar-refractivity contribution < 1.29 is 13.2 Å². The molecule has 0 saturated heterocycles. The molecule has 0 aromatic carbocycles. The summed E-state index contributed by atoms with van der Waals surface area (Å²) < 4.78 is 22.0. The predicted molar refractivity (Wildman–Crippen MR) is 56.8 cm³/mol. The van der Waals surface area contributed by atoms with Gasteiger partial charge in [0.1, 0.15) is 0 Å². The molecule has 0 heterocycles. The van der Waals surface area contributed by atoms with Crippen LogP contribution in [0.15, 0.2) is 0 Å². The van der Waals surface area contributed by atoms with E-state index in [1.165, 1.54) is 19.3 Å². The molecule has 0 aliphatic carbocycles. The zero-order valence-corrected chi connectivity index (χ0v) is 9.46. The SMILES string of the molecule is CCCCCCCCS(=O)(=O)C=[N+]=[N-]. The molecule has 0 radical (unpaired) electrons. The zero-order valence-electron chi connectivity index (χ0n) is 8.65. The Labute approximate surface area is 85.9 Å². The molecule has 4 nitrogen and oxygen atoms in total. The van der Waals surface area contributed by atoms with Crippen LogP contribution in [-0.2, 0) is 9.84 Å². The van der Waals surface area contributed by atoms with Gasteiger partial charge in [-0.05, 0) is 6.42 Å². The Hall–Kier alpha value is -0.670. The fourth-order valence-corrected chi connectivity index (χ4v) is 2.06. The number of hydrogen-bond acceptors (Lipinski definition) is 2. The van der Waals surface area contributed by atoms with Gasteiger partial charge in [-0.3, -0.25) is 0 Å². The minimum Gasteiger partial charge on any atom is -0.361 e. The summed E-state index contributed by atoms with van der Waals surface area (Å²) in [4.78, 5) is 2.52. The first-order valence-electron chi connectivity index (χ1n) is 5.02. The summed E-state index contributed by atoms with van der Waals surface area (Å²) in [5.74, 6) is 0.0865. The molecule has 0 amide bonds. The maximum atomic E-state index is 11.0. The molecule has 14 heavy (non-hydrogen) atoms. The number of nitrogens with zero attached hydrogens (tertiary/aromatic N) is 2. The number of sulfone groups is 1. The van der Waals surface area contributed by atoms with E-state index in [0.717, 1.165) is 12.8 Å². The molecule has 82 valence electrons. The van der Waals surface area contributed by atoms with E-state index >= 15 is 0 Å². The van der Waals surface area contributed by atoms with Crippen LogP contribution in [0.25, 0.3) is 5.53 Å². The topological polar surface area (TPSA) is 70.5 Å². The first kappa shape index (κ1) is 13.3. The molecular weight excluding hydrogens is 200 g/mol. The Morgan fingerprint density at radius 3 is 2.29 bits per heavy atom. The molecule has 5 heteroatoms. The molecule has 0 N–H and O–H groups in total. The molecule has 0 aliphatic rings. The van der Waals surface area contributed by atoms with E-state index < -0.39 is 9.84 Å². The lowest BCUT2D eigenvalue weighted by Crippen LogP contribution is -2.07. The van der Waals surface area contributed by atoms with Crippen molar-refractivity contribution in [2.24, 2.45) is 0 Å². The van der Waals surface area contributed by atoms with E-state index in [4.69, 9.17) is 5.53 Å². The number of unbranched alkanes of at least 4 members (excludes halogenated alkanes) is 5. The van der Waals surface area contributed by atoms with Crippen molar-refractivity contribution in [3.63, 3.8) is 0 Å². The van der Waals surface area contributed by atoms with Crippen molar-refractivity contribution in [1.82, 2.24) is 0 Å². The largest absolute Gasteiger partial charge is 0.370 e. The molecule has 0 fully saturated rings. The highest BCUT2D eigenvalue weighted by Gasteiger charge is 2.10. The van der Waals surface area contributed by atoms with Crippen LogP contribution in [0.2, 0.25) is 0 Å². The molecule has 0 bridgehead atoms. The van der Waals surface area contributed by atoms with Crippen LogP contribution in [0.1, 0.15) is 45.4 Å². The second-order valence-electron chi connectivity index (χ2n) is 3.36. The summed E-state index contributed by atoms with van der Waals surface area (Å²) in [5, 5.41) is 0. The van der Waals surface area contributed by atoms with E-state index in [0.29, 0.717) is 12.0 Å². The predicted octanol–water partition coefficient (Wildman–Crippen LogP) is 2.02. The summed E-state index contributed by atoms with van der Waals surface area (Å²) in [7, 11) is -3.27. The van der Waals surface area contributed by atoms with E-state index in [9.17, 15) is 8.42 Å². The Morgan fingerprint density at radius 1 is 1.14 bits per heavy atom. The van der Waals surface area contributed by atoms with Gasteiger partial charge in [-0.15, -0.1) is 0 Å². The average molecular weight is 218 g/mol. The van der Waals surface area contributed by atoms with Crippen LogP contribution in [0.5, 0.6) is 0 Å². The van der Waals surface area contributed by atoms with Crippen molar-refractivity contribution in [3.05, 3.63) is 5.53 Å². The van der Waals surface area contributed by atoms with Gasteiger partial charge in [0.15, 0.2) is 0 Å². The van der Waals surface area contributed by atoms with Crippen LogP contribution < -0.4 is 0 Å². The lowest BCUT2D eigenvalue weighted by molar-refractivity contribution is 0.00754. The minimum absolute atomic E-state index is 0.0865. The fourth-order valence-electron chi connectivity index (χ4n) is 1.21. The zero-order chi connectivity index (χ0) is 10.9. The van der Waals surface area contributed by atoms with Gasteiger partial charge >= 0.3 is 5.55 Å². The van der Waals surface area contributed by atoms with Crippen LogP contribution in [-0.4, -0.2) is 24.5 Å². The van der Waals surface area contributed by atoms with Gasteiger partial charge in [-0.2, -0.15) is 4.79 Å². The first-order valence-corrected chi connectivity index (χ1v) is 6.74. The summed E-state index contributed by atoms with van der Waals surface area (Å²) in [6.07, 6.45) is 6.24. The highest BCUT2D eigenvalue weighted by Crippen LogP contribution is 2.05. The quantitative estimate of drug-likeness (QED) is 0.205. The van der Waals surface area contributed by atoms with Gasteiger partial charge in [0.25, 0.3) is 0 Å². The van der Waals surface area contributed by atoms with Crippen LogP contribution in [0, 0.1) is 0 Å². The Kier molecular flexibility index (Phi) is 7.34. The lowest BCUT2D eigenvalue weighted by Gasteiger charge is -1.97.